The highest BCUT2D eigenvalue weighted by Crippen LogP contribution is 2.10. The summed E-state index contributed by atoms with van der Waals surface area (Å²) in [6.07, 6.45) is 0.637. The van der Waals surface area contributed by atoms with E-state index >= 15 is 0 Å². The maximum Gasteiger partial charge on any atom is 0.410 e. The lowest BCUT2D eigenvalue weighted by molar-refractivity contribution is 0.104. The second-order valence-corrected chi connectivity index (χ2v) is 3.87. The number of benzene rings is 1. The van der Waals surface area contributed by atoms with Crippen molar-refractivity contribution < 1.29 is 9.53 Å². The van der Waals surface area contributed by atoms with Crippen LogP contribution >= 0.6 is 0 Å². The molecule has 0 unspecified atom stereocenters. The molecule has 1 amide bonds. The van der Waals surface area contributed by atoms with Crippen molar-refractivity contribution in [3.05, 3.63) is 29.8 Å². The molecule has 0 aliphatic heterocycles. The Labute approximate surface area is 102 Å². The maximum absolute atomic E-state index is 11.7. The van der Waals surface area contributed by atoms with Gasteiger partial charge in [-0.15, -0.1) is 0 Å². The number of rotatable bonds is 5. The van der Waals surface area contributed by atoms with Gasteiger partial charge in [-0.3, -0.25) is 0 Å². The Morgan fingerprint density at radius 2 is 2.18 bits per heavy atom. The average Bonchev–Trinajstić information content (AvgIpc) is 2.29. The minimum atomic E-state index is -0.267. The second kappa shape index (κ2) is 6.78. The Morgan fingerprint density at radius 3 is 2.76 bits per heavy atom. The second-order valence-electron chi connectivity index (χ2n) is 3.87. The van der Waals surface area contributed by atoms with Crippen LogP contribution in [-0.4, -0.2) is 24.1 Å². The van der Waals surface area contributed by atoms with E-state index in [1.807, 2.05) is 38.1 Å². The highest BCUT2D eigenvalue weighted by molar-refractivity contribution is 5.67. The third-order valence-electron chi connectivity index (χ3n) is 2.34. The Balaban J connectivity index is 2.69. The van der Waals surface area contributed by atoms with Gasteiger partial charge < -0.3 is 15.4 Å². The number of hydrogen-bond donors (Lipinski definition) is 1. The lowest BCUT2D eigenvalue weighted by Gasteiger charge is -2.21. The average molecular weight is 236 g/mol. The number of nitrogen functional groups attached to an aromatic ring is 1. The van der Waals surface area contributed by atoms with Gasteiger partial charge in [-0.05, 0) is 31.0 Å². The van der Waals surface area contributed by atoms with E-state index in [0.717, 1.165) is 12.0 Å². The molecular formula is C13H20N2O2. The fourth-order valence-corrected chi connectivity index (χ4v) is 1.63. The zero-order chi connectivity index (χ0) is 12.7. The molecule has 0 saturated carbocycles. The Morgan fingerprint density at radius 1 is 1.41 bits per heavy atom. The molecule has 0 radical (unpaired) electrons. The normalized spacial score (nSPS) is 10.0. The van der Waals surface area contributed by atoms with Crippen molar-refractivity contribution in [1.82, 2.24) is 4.90 Å². The molecule has 1 rings (SSSR count). The van der Waals surface area contributed by atoms with Crippen LogP contribution < -0.4 is 5.73 Å². The number of carbonyl (C=O) groups is 1. The molecule has 0 bridgehead atoms. The smallest absolute Gasteiger partial charge is 0.410 e. The number of nitrogens with zero attached hydrogens (tertiary/aromatic N) is 1. The van der Waals surface area contributed by atoms with Crippen LogP contribution in [0.2, 0.25) is 0 Å². The number of anilines is 1. The molecular weight excluding hydrogens is 216 g/mol. The van der Waals surface area contributed by atoms with Gasteiger partial charge >= 0.3 is 6.09 Å². The minimum absolute atomic E-state index is 0.267. The molecule has 4 heteroatoms. The molecule has 0 fully saturated rings. The van der Waals surface area contributed by atoms with E-state index in [1.54, 1.807) is 4.90 Å². The van der Waals surface area contributed by atoms with Gasteiger partial charge in [0, 0.05) is 18.8 Å². The van der Waals surface area contributed by atoms with E-state index in [-0.39, 0.29) is 6.09 Å². The first kappa shape index (κ1) is 13.4. The van der Waals surface area contributed by atoms with Crippen molar-refractivity contribution in [2.45, 2.75) is 26.8 Å². The summed E-state index contributed by atoms with van der Waals surface area (Å²) in [7, 11) is 0. The lowest BCUT2D eigenvalue weighted by Crippen LogP contribution is -2.31. The van der Waals surface area contributed by atoms with Gasteiger partial charge in [-0.1, -0.05) is 19.1 Å². The molecule has 0 aliphatic carbocycles. The van der Waals surface area contributed by atoms with E-state index in [2.05, 4.69) is 0 Å². The van der Waals surface area contributed by atoms with Crippen LogP contribution in [0.5, 0.6) is 0 Å². The predicted molar refractivity (Wildman–Crippen MR) is 68.6 cm³/mol. The van der Waals surface area contributed by atoms with E-state index in [9.17, 15) is 4.79 Å². The van der Waals surface area contributed by atoms with Crippen LogP contribution in [0.15, 0.2) is 24.3 Å². The summed E-state index contributed by atoms with van der Waals surface area (Å²) in [5.74, 6) is 0. The van der Waals surface area contributed by atoms with Crippen molar-refractivity contribution in [2.24, 2.45) is 0 Å². The molecule has 0 atom stereocenters. The molecule has 4 nitrogen and oxygen atoms in total. The molecule has 0 saturated heterocycles. The van der Waals surface area contributed by atoms with Crippen molar-refractivity contribution >= 4 is 11.8 Å². The van der Waals surface area contributed by atoms with Gasteiger partial charge in [0.2, 0.25) is 0 Å². The van der Waals surface area contributed by atoms with Crippen LogP contribution in [0, 0.1) is 0 Å². The van der Waals surface area contributed by atoms with Crippen LogP contribution in [0.25, 0.3) is 0 Å². The first-order valence-electron chi connectivity index (χ1n) is 5.93. The van der Waals surface area contributed by atoms with Crippen molar-refractivity contribution in [2.75, 3.05) is 18.9 Å². The lowest BCUT2D eigenvalue weighted by atomic mass is 10.2. The number of amides is 1. The number of hydrogen-bond acceptors (Lipinski definition) is 3. The number of nitrogens with two attached hydrogens (primary N) is 1. The van der Waals surface area contributed by atoms with Crippen LogP contribution in [0.1, 0.15) is 25.8 Å². The predicted octanol–water partition coefficient (Wildman–Crippen LogP) is 2.64. The molecule has 0 aliphatic rings. The number of ether oxygens (including phenoxy) is 1. The maximum atomic E-state index is 11.7. The van der Waals surface area contributed by atoms with Crippen LogP contribution in [-0.2, 0) is 11.3 Å². The Kier molecular flexibility index (Phi) is 5.33. The minimum Gasteiger partial charge on any atom is -0.450 e. The highest BCUT2D eigenvalue weighted by Gasteiger charge is 2.13. The summed E-state index contributed by atoms with van der Waals surface area (Å²) in [5, 5.41) is 0. The molecule has 0 heterocycles. The zero-order valence-electron chi connectivity index (χ0n) is 10.5. The van der Waals surface area contributed by atoms with Crippen molar-refractivity contribution in [3.8, 4) is 0 Å². The summed E-state index contributed by atoms with van der Waals surface area (Å²) in [5.41, 5.74) is 7.44. The quantitative estimate of drug-likeness (QED) is 0.799. The Hall–Kier alpha value is -1.71. The summed E-state index contributed by atoms with van der Waals surface area (Å²) in [6, 6.07) is 7.55. The van der Waals surface area contributed by atoms with Crippen LogP contribution in [0.3, 0.4) is 0 Å². The van der Waals surface area contributed by atoms with E-state index in [0.29, 0.717) is 25.4 Å². The summed E-state index contributed by atoms with van der Waals surface area (Å²) in [6.45, 7) is 5.47. The fourth-order valence-electron chi connectivity index (χ4n) is 1.63. The van der Waals surface area contributed by atoms with Crippen molar-refractivity contribution in [1.29, 1.82) is 0 Å². The summed E-state index contributed by atoms with van der Waals surface area (Å²) >= 11 is 0. The topological polar surface area (TPSA) is 55.6 Å². The van der Waals surface area contributed by atoms with Gasteiger partial charge in [0.25, 0.3) is 0 Å². The summed E-state index contributed by atoms with van der Waals surface area (Å²) in [4.78, 5) is 13.4. The van der Waals surface area contributed by atoms with Gasteiger partial charge in [-0.25, -0.2) is 4.79 Å². The van der Waals surface area contributed by atoms with E-state index in [1.165, 1.54) is 0 Å². The zero-order valence-corrected chi connectivity index (χ0v) is 10.5. The van der Waals surface area contributed by atoms with E-state index in [4.69, 9.17) is 10.5 Å². The first-order chi connectivity index (χ1) is 8.17. The monoisotopic (exact) mass is 236 g/mol. The molecule has 17 heavy (non-hydrogen) atoms. The summed E-state index contributed by atoms with van der Waals surface area (Å²) < 4.78 is 5.01. The molecule has 94 valence electrons. The molecule has 2 N–H and O–H groups in total. The van der Waals surface area contributed by atoms with Gasteiger partial charge in [0.05, 0.1) is 6.61 Å². The van der Waals surface area contributed by atoms with Crippen molar-refractivity contribution in [3.63, 3.8) is 0 Å². The standard InChI is InChI=1S/C13H20N2O2/c1-3-8-15(13(16)17-4-2)10-11-6-5-7-12(14)9-11/h5-7,9H,3-4,8,10,14H2,1-2H3. The largest absolute Gasteiger partial charge is 0.450 e. The van der Waals surface area contributed by atoms with E-state index < -0.39 is 0 Å². The number of carbonyl (C=O) groups excluding carboxylic acids is 1. The van der Waals surface area contributed by atoms with Gasteiger partial charge in [0.15, 0.2) is 0 Å². The molecule has 0 aromatic heterocycles. The SMILES string of the molecule is CCCN(Cc1cccc(N)c1)C(=O)OCC. The third kappa shape index (κ3) is 4.34. The molecule has 1 aromatic carbocycles. The van der Waals surface area contributed by atoms with Gasteiger partial charge in [0.1, 0.15) is 0 Å². The third-order valence-corrected chi connectivity index (χ3v) is 2.34. The van der Waals surface area contributed by atoms with Crippen LogP contribution in [0.4, 0.5) is 10.5 Å². The molecule has 1 aromatic rings. The Bertz CT molecular complexity index is 366. The molecule has 0 spiro atoms. The van der Waals surface area contributed by atoms with Gasteiger partial charge in [-0.2, -0.15) is 0 Å². The fraction of sp³-hybridized carbons (Fsp3) is 0.462. The first-order valence-corrected chi connectivity index (χ1v) is 5.93. The highest BCUT2D eigenvalue weighted by atomic mass is 16.6.